The lowest BCUT2D eigenvalue weighted by atomic mass is 9.70. The fraction of sp³-hybridized carbons (Fsp3) is 0.412. The van der Waals surface area contributed by atoms with Gasteiger partial charge in [-0.15, -0.1) is 0 Å². The van der Waals surface area contributed by atoms with Crippen molar-refractivity contribution in [3.05, 3.63) is 138 Å². The SMILES string of the molecule is CCCCCCCCC1(CCCCCCCC)c2ccccc2-c2cccc(N(c3ccccc3)c3ccc(-c4ccc(C(C)CC)cc4)cc3)c21. The highest BCUT2D eigenvalue weighted by Crippen LogP contribution is 2.58. The molecule has 52 heavy (non-hydrogen) atoms. The van der Waals surface area contributed by atoms with Gasteiger partial charge in [-0.3, -0.25) is 0 Å². The van der Waals surface area contributed by atoms with Crippen LogP contribution in [-0.2, 0) is 5.41 Å². The minimum absolute atomic E-state index is 0.00236. The molecule has 1 aliphatic carbocycles. The predicted molar refractivity (Wildman–Crippen MR) is 227 cm³/mol. The van der Waals surface area contributed by atoms with E-state index in [0.717, 1.165) is 6.42 Å². The van der Waals surface area contributed by atoms with Crippen LogP contribution in [0.1, 0.15) is 147 Å². The average Bonchev–Trinajstić information content (AvgIpc) is 3.48. The van der Waals surface area contributed by atoms with Gasteiger partial charge in [0.25, 0.3) is 0 Å². The third-order valence-electron chi connectivity index (χ3n) is 12.0. The van der Waals surface area contributed by atoms with Gasteiger partial charge < -0.3 is 4.90 Å². The van der Waals surface area contributed by atoms with E-state index < -0.39 is 0 Å². The molecule has 0 amide bonds. The van der Waals surface area contributed by atoms with Crippen molar-refractivity contribution in [2.75, 3.05) is 4.90 Å². The fourth-order valence-electron chi connectivity index (χ4n) is 8.83. The first kappa shape index (κ1) is 37.7. The van der Waals surface area contributed by atoms with Crippen LogP contribution in [0, 0.1) is 0 Å². The zero-order valence-electron chi connectivity index (χ0n) is 32.7. The van der Waals surface area contributed by atoms with Gasteiger partial charge in [-0.05, 0) is 94.5 Å². The van der Waals surface area contributed by atoms with Gasteiger partial charge in [0.15, 0.2) is 0 Å². The molecule has 0 fully saturated rings. The fourth-order valence-corrected chi connectivity index (χ4v) is 8.83. The van der Waals surface area contributed by atoms with Crippen molar-refractivity contribution in [3.63, 3.8) is 0 Å². The monoisotopic (exact) mass is 689 g/mol. The Labute approximate surface area is 316 Å². The molecule has 5 aromatic rings. The van der Waals surface area contributed by atoms with Crippen LogP contribution in [0.5, 0.6) is 0 Å². The highest BCUT2D eigenvalue weighted by molar-refractivity contribution is 5.91. The third-order valence-corrected chi connectivity index (χ3v) is 12.0. The van der Waals surface area contributed by atoms with E-state index >= 15 is 0 Å². The summed E-state index contributed by atoms with van der Waals surface area (Å²) in [6.07, 6.45) is 19.5. The summed E-state index contributed by atoms with van der Waals surface area (Å²) in [5.74, 6) is 0.587. The molecule has 272 valence electrons. The van der Waals surface area contributed by atoms with Gasteiger partial charge in [0.2, 0.25) is 0 Å². The molecule has 0 saturated heterocycles. The molecule has 0 spiro atoms. The van der Waals surface area contributed by atoms with E-state index in [9.17, 15) is 0 Å². The van der Waals surface area contributed by atoms with Crippen LogP contribution in [0.3, 0.4) is 0 Å². The standard InChI is InChI=1S/C51H63N/c1-5-8-10-12-14-21-38-51(39-22-15-13-11-9-6-2)48-28-20-19-26-46(48)47-27-23-29-49(50(47)51)52(44-24-17-16-18-25-44)45-36-34-43(35-37-45)42-32-30-41(31-33-42)40(4)7-3/h16-20,23-37,40H,5-15,21-22,38-39H2,1-4H3. The molecular weight excluding hydrogens is 627 g/mol. The molecule has 5 aromatic carbocycles. The first-order valence-electron chi connectivity index (χ1n) is 20.9. The quantitative estimate of drug-likeness (QED) is 0.0735. The van der Waals surface area contributed by atoms with Gasteiger partial charge >= 0.3 is 0 Å². The van der Waals surface area contributed by atoms with Gasteiger partial charge in [0.05, 0.1) is 5.69 Å². The number of hydrogen-bond donors (Lipinski definition) is 0. The topological polar surface area (TPSA) is 3.24 Å². The molecule has 1 aliphatic rings. The molecule has 6 rings (SSSR count). The van der Waals surface area contributed by atoms with E-state index in [0.29, 0.717) is 5.92 Å². The van der Waals surface area contributed by atoms with E-state index in [-0.39, 0.29) is 5.41 Å². The summed E-state index contributed by atoms with van der Waals surface area (Å²) in [5.41, 5.74) is 13.7. The van der Waals surface area contributed by atoms with Crippen molar-refractivity contribution in [2.24, 2.45) is 0 Å². The van der Waals surface area contributed by atoms with E-state index in [4.69, 9.17) is 0 Å². The maximum atomic E-state index is 2.55. The van der Waals surface area contributed by atoms with Crippen molar-refractivity contribution >= 4 is 17.1 Å². The third kappa shape index (κ3) is 8.41. The lowest BCUT2D eigenvalue weighted by Crippen LogP contribution is -2.28. The maximum Gasteiger partial charge on any atom is 0.0508 e. The van der Waals surface area contributed by atoms with E-state index in [1.807, 2.05) is 0 Å². The number of benzene rings is 5. The van der Waals surface area contributed by atoms with Crippen molar-refractivity contribution in [3.8, 4) is 22.3 Å². The molecule has 1 atom stereocenters. The van der Waals surface area contributed by atoms with E-state index in [1.165, 1.54) is 135 Å². The Morgan fingerprint density at radius 1 is 0.481 bits per heavy atom. The Morgan fingerprint density at radius 3 is 1.62 bits per heavy atom. The largest absolute Gasteiger partial charge is 0.310 e. The van der Waals surface area contributed by atoms with E-state index in [1.54, 1.807) is 11.1 Å². The Kier molecular flexibility index (Phi) is 13.5. The van der Waals surface area contributed by atoms with Crippen molar-refractivity contribution in [1.82, 2.24) is 0 Å². The second-order valence-electron chi connectivity index (χ2n) is 15.5. The van der Waals surface area contributed by atoms with Gasteiger partial charge in [0.1, 0.15) is 0 Å². The Bertz CT molecular complexity index is 1780. The molecule has 0 radical (unpaired) electrons. The van der Waals surface area contributed by atoms with Gasteiger partial charge in [-0.1, -0.05) is 196 Å². The highest BCUT2D eigenvalue weighted by atomic mass is 15.1. The molecule has 0 N–H and O–H groups in total. The molecule has 1 unspecified atom stereocenters. The van der Waals surface area contributed by atoms with Gasteiger partial charge in [-0.2, -0.15) is 0 Å². The van der Waals surface area contributed by atoms with E-state index in [2.05, 4.69) is 154 Å². The summed E-state index contributed by atoms with van der Waals surface area (Å²) < 4.78 is 0. The van der Waals surface area contributed by atoms with Crippen molar-refractivity contribution in [2.45, 2.75) is 135 Å². The number of hydrogen-bond acceptors (Lipinski definition) is 1. The Hall–Kier alpha value is -4.10. The molecule has 1 heteroatoms. The van der Waals surface area contributed by atoms with Crippen molar-refractivity contribution < 1.29 is 0 Å². The zero-order chi connectivity index (χ0) is 36.2. The lowest BCUT2D eigenvalue weighted by Gasteiger charge is -2.37. The van der Waals surface area contributed by atoms with Gasteiger partial charge in [-0.25, -0.2) is 0 Å². The first-order valence-corrected chi connectivity index (χ1v) is 20.9. The minimum atomic E-state index is 0.00236. The highest BCUT2D eigenvalue weighted by Gasteiger charge is 2.44. The Balaban J connectivity index is 1.42. The number of nitrogens with zero attached hydrogens (tertiary/aromatic N) is 1. The van der Waals surface area contributed by atoms with Crippen LogP contribution >= 0.6 is 0 Å². The van der Waals surface area contributed by atoms with Crippen LogP contribution in [0.15, 0.2) is 121 Å². The molecule has 1 nitrogen and oxygen atoms in total. The maximum absolute atomic E-state index is 2.55. The summed E-state index contributed by atoms with van der Waals surface area (Å²) in [5, 5.41) is 0. The number of anilines is 3. The minimum Gasteiger partial charge on any atom is -0.310 e. The van der Waals surface area contributed by atoms with Crippen LogP contribution in [0.25, 0.3) is 22.3 Å². The molecular formula is C51H63N. The predicted octanol–water partition coefficient (Wildman–Crippen LogP) is 16.1. The second-order valence-corrected chi connectivity index (χ2v) is 15.5. The number of fused-ring (bicyclic) bond motifs is 3. The second kappa shape index (κ2) is 18.6. The van der Waals surface area contributed by atoms with Crippen LogP contribution < -0.4 is 4.90 Å². The molecule has 0 saturated carbocycles. The van der Waals surface area contributed by atoms with Gasteiger partial charge in [0, 0.05) is 16.8 Å². The van der Waals surface area contributed by atoms with Crippen LogP contribution in [0.4, 0.5) is 17.1 Å². The first-order chi connectivity index (χ1) is 25.6. The Morgan fingerprint density at radius 2 is 1.00 bits per heavy atom. The van der Waals surface area contributed by atoms with Crippen LogP contribution in [-0.4, -0.2) is 0 Å². The normalized spacial score (nSPS) is 13.5. The van der Waals surface area contributed by atoms with Crippen molar-refractivity contribution in [1.29, 1.82) is 0 Å². The number of unbranched alkanes of at least 4 members (excludes halogenated alkanes) is 10. The summed E-state index contributed by atoms with van der Waals surface area (Å²) in [4.78, 5) is 2.55. The molecule has 0 heterocycles. The summed E-state index contributed by atoms with van der Waals surface area (Å²) in [6.45, 7) is 9.22. The van der Waals surface area contributed by atoms with Crippen LogP contribution in [0.2, 0.25) is 0 Å². The lowest BCUT2D eigenvalue weighted by molar-refractivity contribution is 0.398. The molecule has 0 bridgehead atoms. The smallest absolute Gasteiger partial charge is 0.0508 e. The number of para-hydroxylation sites is 1. The number of rotatable bonds is 20. The molecule has 0 aromatic heterocycles. The summed E-state index contributed by atoms with van der Waals surface area (Å²) >= 11 is 0. The summed E-state index contributed by atoms with van der Waals surface area (Å²) in [6, 6.07) is 46.2. The molecule has 0 aliphatic heterocycles. The average molecular weight is 690 g/mol. The summed E-state index contributed by atoms with van der Waals surface area (Å²) in [7, 11) is 0. The zero-order valence-corrected chi connectivity index (χ0v) is 32.7.